The van der Waals surface area contributed by atoms with Crippen molar-refractivity contribution >= 4 is 29.2 Å². The van der Waals surface area contributed by atoms with Crippen molar-refractivity contribution in [1.82, 2.24) is 4.98 Å². The van der Waals surface area contributed by atoms with Gasteiger partial charge in [0.05, 0.1) is 6.04 Å². The number of benzene rings is 1. The van der Waals surface area contributed by atoms with Gasteiger partial charge in [-0.15, -0.1) is 11.8 Å². The standard InChI is InChI=1S/C14H13ClN2S/c15-13-6-3-7-14(17-13)16-11-8-9-18-12-5-2-1-4-10(11)12/h1-7,11H,8-9H2,(H,16,17). The van der Waals surface area contributed by atoms with E-state index in [1.54, 1.807) is 6.07 Å². The maximum Gasteiger partial charge on any atom is 0.131 e. The van der Waals surface area contributed by atoms with E-state index in [2.05, 4.69) is 34.6 Å². The van der Waals surface area contributed by atoms with Gasteiger partial charge in [-0.25, -0.2) is 4.98 Å². The smallest absolute Gasteiger partial charge is 0.131 e. The van der Waals surface area contributed by atoms with E-state index in [-0.39, 0.29) is 0 Å². The second kappa shape index (κ2) is 5.21. The molecular weight excluding hydrogens is 264 g/mol. The van der Waals surface area contributed by atoms with Gasteiger partial charge in [-0.3, -0.25) is 0 Å². The van der Waals surface area contributed by atoms with Crippen molar-refractivity contribution < 1.29 is 0 Å². The third-order valence-corrected chi connectivity index (χ3v) is 4.33. The molecule has 2 aromatic rings. The molecule has 1 aliphatic rings. The Balaban J connectivity index is 1.86. The molecule has 92 valence electrons. The summed E-state index contributed by atoms with van der Waals surface area (Å²) in [7, 11) is 0. The summed E-state index contributed by atoms with van der Waals surface area (Å²) in [6.07, 6.45) is 1.11. The van der Waals surface area contributed by atoms with Gasteiger partial charge in [0.15, 0.2) is 0 Å². The van der Waals surface area contributed by atoms with Gasteiger partial charge >= 0.3 is 0 Å². The molecule has 18 heavy (non-hydrogen) atoms. The molecule has 1 aromatic carbocycles. The average Bonchev–Trinajstić information content (AvgIpc) is 2.39. The number of halogens is 1. The topological polar surface area (TPSA) is 24.9 Å². The number of rotatable bonds is 2. The van der Waals surface area contributed by atoms with Gasteiger partial charge in [-0.1, -0.05) is 35.9 Å². The number of hydrogen-bond donors (Lipinski definition) is 1. The summed E-state index contributed by atoms with van der Waals surface area (Å²) in [5, 5.41) is 4.00. The molecule has 0 spiro atoms. The van der Waals surface area contributed by atoms with Crippen molar-refractivity contribution in [3.05, 3.63) is 53.2 Å². The van der Waals surface area contributed by atoms with Gasteiger partial charge in [0, 0.05) is 10.6 Å². The zero-order valence-corrected chi connectivity index (χ0v) is 11.3. The van der Waals surface area contributed by atoms with Crippen molar-refractivity contribution in [1.29, 1.82) is 0 Å². The van der Waals surface area contributed by atoms with Crippen LogP contribution in [0.3, 0.4) is 0 Å². The number of nitrogens with zero attached hydrogens (tertiary/aromatic N) is 1. The number of anilines is 1. The van der Waals surface area contributed by atoms with Crippen LogP contribution in [-0.2, 0) is 0 Å². The minimum absolute atomic E-state index is 0.327. The van der Waals surface area contributed by atoms with E-state index in [4.69, 9.17) is 11.6 Å². The summed E-state index contributed by atoms with van der Waals surface area (Å²) in [4.78, 5) is 5.65. The fourth-order valence-corrected chi connectivity index (χ4v) is 3.45. The number of hydrogen-bond acceptors (Lipinski definition) is 3. The number of thioether (sulfide) groups is 1. The Bertz CT molecular complexity index is 559. The van der Waals surface area contributed by atoms with Crippen molar-refractivity contribution in [3.8, 4) is 0 Å². The van der Waals surface area contributed by atoms with Crippen LogP contribution in [0.25, 0.3) is 0 Å². The molecule has 3 rings (SSSR count). The molecule has 2 nitrogen and oxygen atoms in total. The summed E-state index contributed by atoms with van der Waals surface area (Å²) in [5.41, 5.74) is 1.36. The molecule has 0 saturated heterocycles. The quantitative estimate of drug-likeness (QED) is 0.824. The molecule has 1 N–H and O–H groups in total. The third-order valence-electron chi connectivity index (χ3n) is 3.00. The van der Waals surface area contributed by atoms with Crippen LogP contribution in [0.15, 0.2) is 47.4 Å². The lowest BCUT2D eigenvalue weighted by molar-refractivity contribution is 0.724. The summed E-state index contributed by atoms with van der Waals surface area (Å²) in [5.74, 6) is 1.98. The molecule has 2 heterocycles. The number of aromatic nitrogens is 1. The lowest BCUT2D eigenvalue weighted by Crippen LogP contribution is -2.16. The second-order valence-corrected chi connectivity index (χ2v) is 5.74. The van der Waals surface area contributed by atoms with E-state index in [1.165, 1.54) is 10.5 Å². The van der Waals surface area contributed by atoms with E-state index in [9.17, 15) is 0 Å². The minimum atomic E-state index is 0.327. The molecule has 0 bridgehead atoms. The van der Waals surface area contributed by atoms with Crippen LogP contribution in [0.4, 0.5) is 5.82 Å². The summed E-state index contributed by atoms with van der Waals surface area (Å²) >= 11 is 7.83. The SMILES string of the molecule is Clc1cccc(NC2CCSc3ccccc32)n1. The van der Waals surface area contributed by atoms with Crippen molar-refractivity contribution in [2.75, 3.05) is 11.1 Å². The Morgan fingerprint density at radius 1 is 1.17 bits per heavy atom. The zero-order valence-electron chi connectivity index (χ0n) is 9.77. The Hall–Kier alpha value is -1.19. The van der Waals surface area contributed by atoms with Crippen LogP contribution < -0.4 is 5.32 Å². The molecular formula is C14H13ClN2S. The predicted molar refractivity (Wildman–Crippen MR) is 77.4 cm³/mol. The first-order chi connectivity index (χ1) is 8.83. The number of pyridine rings is 1. The zero-order chi connectivity index (χ0) is 12.4. The lowest BCUT2D eigenvalue weighted by atomic mass is 10.0. The van der Waals surface area contributed by atoms with Crippen LogP contribution in [0.1, 0.15) is 18.0 Å². The highest BCUT2D eigenvalue weighted by Gasteiger charge is 2.20. The van der Waals surface area contributed by atoms with Gasteiger partial charge < -0.3 is 5.32 Å². The minimum Gasteiger partial charge on any atom is -0.363 e. The first-order valence-electron chi connectivity index (χ1n) is 5.94. The first-order valence-corrected chi connectivity index (χ1v) is 7.30. The van der Waals surface area contributed by atoms with Gasteiger partial charge in [-0.2, -0.15) is 0 Å². The Morgan fingerprint density at radius 3 is 2.94 bits per heavy atom. The molecule has 4 heteroatoms. The van der Waals surface area contributed by atoms with E-state index in [1.807, 2.05) is 23.9 Å². The molecule has 0 aliphatic carbocycles. The Kier molecular flexibility index (Phi) is 3.43. The lowest BCUT2D eigenvalue weighted by Gasteiger charge is -2.26. The van der Waals surface area contributed by atoms with Gasteiger partial charge in [0.2, 0.25) is 0 Å². The first kappa shape index (κ1) is 11.9. The average molecular weight is 277 g/mol. The van der Waals surface area contributed by atoms with Crippen molar-refractivity contribution in [3.63, 3.8) is 0 Å². The third kappa shape index (κ3) is 2.47. The summed E-state index contributed by atoms with van der Waals surface area (Å²) in [6, 6.07) is 14.5. The molecule has 1 unspecified atom stereocenters. The van der Waals surface area contributed by atoms with E-state index < -0.39 is 0 Å². The highest BCUT2D eigenvalue weighted by atomic mass is 35.5. The van der Waals surface area contributed by atoms with E-state index in [0.717, 1.165) is 18.0 Å². The van der Waals surface area contributed by atoms with Gasteiger partial charge in [0.1, 0.15) is 11.0 Å². The van der Waals surface area contributed by atoms with Crippen molar-refractivity contribution in [2.45, 2.75) is 17.4 Å². The largest absolute Gasteiger partial charge is 0.363 e. The fourth-order valence-electron chi connectivity index (χ4n) is 2.16. The molecule has 0 amide bonds. The van der Waals surface area contributed by atoms with E-state index in [0.29, 0.717) is 11.2 Å². The summed E-state index contributed by atoms with van der Waals surface area (Å²) in [6.45, 7) is 0. The molecule has 0 fully saturated rings. The predicted octanol–water partition coefficient (Wildman–Crippen LogP) is 4.38. The van der Waals surface area contributed by atoms with Crippen LogP contribution in [0.2, 0.25) is 5.15 Å². The molecule has 1 aromatic heterocycles. The fraction of sp³-hybridized carbons (Fsp3) is 0.214. The molecule has 1 aliphatic heterocycles. The maximum atomic E-state index is 5.91. The van der Waals surface area contributed by atoms with Crippen molar-refractivity contribution in [2.24, 2.45) is 0 Å². The van der Waals surface area contributed by atoms with Crippen LogP contribution in [-0.4, -0.2) is 10.7 Å². The van der Waals surface area contributed by atoms with Crippen LogP contribution in [0, 0.1) is 0 Å². The molecule has 0 saturated carbocycles. The monoisotopic (exact) mass is 276 g/mol. The van der Waals surface area contributed by atoms with Gasteiger partial charge in [0.25, 0.3) is 0 Å². The number of fused-ring (bicyclic) bond motifs is 1. The van der Waals surface area contributed by atoms with Gasteiger partial charge in [-0.05, 0) is 30.2 Å². The maximum absolute atomic E-state index is 5.91. The second-order valence-electron chi connectivity index (χ2n) is 4.22. The Morgan fingerprint density at radius 2 is 2.06 bits per heavy atom. The summed E-state index contributed by atoms with van der Waals surface area (Å²) < 4.78 is 0. The van der Waals surface area contributed by atoms with E-state index >= 15 is 0 Å². The van der Waals surface area contributed by atoms with Crippen LogP contribution in [0.5, 0.6) is 0 Å². The number of nitrogens with one attached hydrogen (secondary N) is 1. The normalized spacial score (nSPS) is 18.2. The molecule has 0 radical (unpaired) electrons. The molecule has 1 atom stereocenters. The highest BCUT2D eigenvalue weighted by Crippen LogP contribution is 2.37. The Labute approximate surface area is 116 Å². The van der Waals surface area contributed by atoms with Crippen LogP contribution >= 0.6 is 23.4 Å². The highest BCUT2D eigenvalue weighted by molar-refractivity contribution is 7.99.